The van der Waals surface area contributed by atoms with Crippen molar-refractivity contribution < 1.29 is 13.9 Å². The molecule has 4 rings (SSSR count). The standard InChI is InChI=1S/C25H24FN3O2/c1-3-20(30)9-7-17-5-4-6-19(15-17)28-25-27-12-11-23(29-25)31-22-10-8-18-13-16(2)14-21(18)24(22)26/h4-6,8,10-12,14-15H,3,7,9,13H2,1-2H3,(H,27,28,29). The molecule has 1 aromatic heterocycles. The molecule has 5 nitrogen and oxygen atoms in total. The first-order valence-corrected chi connectivity index (χ1v) is 10.4. The van der Waals surface area contributed by atoms with Crippen LogP contribution in [0, 0.1) is 5.82 Å². The van der Waals surface area contributed by atoms with E-state index in [0.717, 1.165) is 28.8 Å². The number of benzene rings is 2. The number of rotatable bonds is 8. The minimum Gasteiger partial charge on any atom is -0.436 e. The summed E-state index contributed by atoms with van der Waals surface area (Å²) in [6, 6.07) is 12.9. The van der Waals surface area contributed by atoms with Crippen LogP contribution in [0.4, 0.5) is 16.0 Å². The number of carbonyl (C=O) groups excluding carboxylic acids is 1. The summed E-state index contributed by atoms with van der Waals surface area (Å²) in [5.74, 6) is 0.598. The fourth-order valence-electron chi connectivity index (χ4n) is 3.57. The van der Waals surface area contributed by atoms with Gasteiger partial charge >= 0.3 is 0 Å². The molecule has 0 amide bonds. The van der Waals surface area contributed by atoms with E-state index in [1.54, 1.807) is 18.3 Å². The predicted molar refractivity (Wildman–Crippen MR) is 119 cm³/mol. The second kappa shape index (κ2) is 9.08. The van der Waals surface area contributed by atoms with Gasteiger partial charge in [0.05, 0.1) is 0 Å². The van der Waals surface area contributed by atoms with Crippen molar-refractivity contribution in [2.75, 3.05) is 5.32 Å². The van der Waals surface area contributed by atoms with E-state index in [2.05, 4.69) is 15.3 Å². The maximum Gasteiger partial charge on any atom is 0.230 e. The number of aromatic nitrogens is 2. The van der Waals surface area contributed by atoms with E-state index < -0.39 is 0 Å². The topological polar surface area (TPSA) is 64.1 Å². The number of nitrogens with zero attached hydrogens (tertiary/aromatic N) is 2. The first-order valence-electron chi connectivity index (χ1n) is 10.4. The minimum atomic E-state index is -0.378. The second-order valence-corrected chi connectivity index (χ2v) is 7.66. The summed E-state index contributed by atoms with van der Waals surface area (Å²) in [5.41, 5.74) is 4.54. The molecule has 0 aliphatic heterocycles. The molecule has 158 valence electrons. The highest BCUT2D eigenvalue weighted by Crippen LogP contribution is 2.34. The van der Waals surface area contributed by atoms with Gasteiger partial charge in [0, 0.05) is 36.4 Å². The van der Waals surface area contributed by atoms with Gasteiger partial charge < -0.3 is 10.1 Å². The summed E-state index contributed by atoms with van der Waals surface area (Å²) < 4.78 is 20.5. The summed E-state index contributed by atoms with van der Waals surface area (Å²) in [6.07, 6.45) is 5.95. The molecule has 31 heavy (non-hydrogen) atoms. The molecule has 3 aromatic rings. The van der Waals surface area contributed by atoms with Crippen LogP contribution in [-0.2, 0) is 17.6 Å². The van der Waals surface area contributed by atoms with Crippen LogP contribution in [0.15, 0.2) is 54.2 Å². The Labute approximate surface area is 181 Å². The van der Waals surface area contributed by atoms with Gasteiger partial charge in [-0.25, -0.2) is 9.37 Å². The van der Waals surface area contributed by atoms with Crippen molar-refractivity contribution in [2.24, 2.45) is 0 Å². The highest BCUT2D eigenvalue weighted by Gasteiger charge is 2.18. The Morgan fingerprint density at radius 3 is 2.94 bits per heavy atom. The number of carbonyl (C=O) groups is 1. The fourth-order valence-corrected chi connectivity index (χ4v) is 3.57. The van der Waals surface area contributed by atoms with E-state index >= 15 is 0 Å². The Balaban J connectivity index is 1.47. The van der Waals surface area contributed by atoms with Crippen LogP contribution in [0.2, 0.25) is 0 Å². The molecular formula is C25H24FN3O2. The van der Waals surface area contributed by atoms with Crippen molar-refractivity contribution >= 4 is 23.5 Å². The number of fused-ring (bicyclic) bond motifs is 1. The van der Waals surface area contributed by atoms with E-state index in [-0.39, 0.29) is 23.2 Å². The molecule has 0 fully saturated rings. The molecule has 2 aromatic carbocycles. The third-order valence-corrected chi connectivity index (χ3v) is 5.21. The zero-order valence-corrected chi connectivity index (χ0v) is 17.6. The lowest BCUT2D eigenvalue weighted by molar-refractivity contribution is -0.118. The average Bonchev–Trinajstić information content (AvgIpc) is 3.16. The Morgan fingerprint density at radius 1 is 1.23 bits per heavy atom. The van der Waals surface area contributed by atoms with Gasteiger partial charge in [0.25, 0.3) is 0 Å². The van der Waals surface area contributed by atoms with Crippen LogP contribution in [0.1, 0.15) is 43.4 Å². The second-order valence-electron chi connectivity index (χ2n) is 7.66. The van der Waals surface area contributed by atoms with Gasteiger partial charge in [-0.15, -0.1) is 0 Å². The average molecular weight is 417 g/mol. The number of hydrogen-bond donors (Lipinski definition) is 1. The lowest BCUT2D eigenvalue weighted by Crippen LogP contribution is -2.01. The molecule has 0 radical (unpaired) electrons. The van der Waals surface area contributed by atoms with Gasteiger partial charge in [-0.2, -0.15) is 4.98 Å². The lowest BCUT2D eigenvalue weighted by atomic mass is 10.1. The minimum absolute atomic E-state index is 0.136. The van der Waals surface area contributed by atoms with Crippen LogP contribution >= 0.6 is 0 Å². The number of Topliss-reactive ketones (excluding diaryl/α,β-unsaturated/α-hetero) is 1. The Hall–Kier alpha value is -3.54. The van der Waals surface area contributed by atoms with Crippen molar-refractivity contribution in [2.45, 2.75) is 39.5 Å². The van der Waals surface area contributed by atoms with Gasteiger partial charge in [0.1, 0.15) is 5.78 Å². The summed E-state index contributed by atoms with van der Waals surface area (Å²) in [6.45, 7) is 3.86. The van der Waals surface area contributed by atoms with E-state index in [9.17, 15) is 9.18 Å². The number of halogens is 1. The smallest absolute Gasteiger partial charge is 0.230 e. The molecule has 1 aliphatic carbocycles. The zero-order valence-electron chi connectivity index (χ0n) is 17.6. The molecule has 1 aliphatic rings. The van der Waals surface area contributed by atoms with Gasteiger partial charge in [0.2, 0.25) is 11.8 Å². The number of hydrogen-bond acceptors (Lipinski definition) is 5. The lowest BCUT2D eigenvalue weighted by Gasteiger charge is -2.11. The SMILES string of the molecule is CCC(=O)CCc1cccc(Nc2nccc(Oc3ccc4c(c3F)C=C(C)C4)n2)c1. The van der Waals surface area contributed by atoms with Crippen molar-refractivity contribution in [3.8, 4) is 11.6 Å². The van der Waals surface area contributed by atoms with Gasteiger partial charge in [-0.1, -0.05) is 36.8 Å². The van der Waals surface area contributed by atoms with Crippen LogP contribution < -0.4 is 10.1 Å². The van der Waals surface area contributed by atoms with Crippen molar-refractivity contribution in [1.29, 1.82) is 0 Å². The van der Waals surface area contributed by atoms with Crippen molar-refractivity contribution in [3.63, 3.8) is 0 Å². The van der Waals surface area contributed by atoms with Gasteiger partial charge in [-0.05, 0) is 49.1 Å². The van der Waals surface area contributed by atoms with Crippen molar-refractivity contribution in [3.05, 3.63) is 76.7 Å². The molecule has 0 spiro atoms. The maximum atomic E-state index is 14.8. The van der Waals surface area contributed by atoms with Crippen LogP contribution in [0.25, 0.3) is 6.08 Å². The van der Waals surface area contributed by atoms with E-state index in [1.807, 2.05) is 50.3 Å². The fraction of sp³-hybridized carbons (Fsp3) is 0.240. The van der Waals surface area contributed by atoms with Gasteiger partial charge in [-0.3, -0.25) is 4.79 Å². The number of ether oxygens (including phenoxy) is 1. The Morgan fingerprint density at radius 2 is 2.10 bits per heavy atom. The molecule has 0 saturated heterocycles. The first-order chi connectivity index (χ1) is 15.0. The zero-order chi connectivity index (χ0) is 21.8. The summed E-state index contributed by atoms with van der Waals surface area (Å²) in [4.78, 5) is 20.1. The molecule has 0 atom stereocenters. The molecule has 0 unspecified atom stereocenters. The third kappa shape index (κ3) is 4.97. The number of ketones is 1. The van der Waals surface area contributed by atoms with E-state index in [0.29, 0.717) is 30.8 Å². The Kier molecular flexibility index (Phi) is 6.07. The largest absolute Gasteiger partial charge is 0.436 e. The quantitative estimate of drug-likeness (QED) is 0.485. The predicted octanol–water partition coefficient (Wildman–Crippen LogP) is 6.02. The molecule has 6 heteroatoms. The number of aryl methyl sites for hydroxylation is 1. The summed E-state index contributed by atoms with van der Waals surface area (Å²) >= 11 is 0. The maximum absolute atomic E-state index is 14.8. The van der Waals surface area contributed by atoms with Crippen molar-refractivity contribution in [1.82, 2.24) is 9.97 Å². The Bertz CT molecular complexity index is 1160. The molecule has 1 N–H and O–H groups in total. The normalized spacial score (nSPS) is 12.3. The van der Waals surface area contributed by atoms with Crippen LogP contribution in [0.3, 0.4) is 0 Å². The number of nitrogens with one attached hydrogen (secondary N) is 1. The molecular weight excluding hydrogens is 393 g/mol. The molecule has 0 saturated carbocycles. The number of anilines is 2. The van der Waals surface area contributed by atoms with Gasteiger partial charge in [0.15, 0.2) is 11.6 Å². The third-order valence-electron chi connectivity index (χ3n) is 5.21. The number of allylic oxidation sites excluding steroid dienone is 1. The molecule has 1 heterocycles. The van der Waals surface area contributed by atoms with E-state index in [4.69, 9.17) is 4.74 Å². The summed E-state index contributed by atoms with van der Waals surface area (Å²) in [5, 5.41) is 3.14. The highest BCUT2D eigenvalue weighted by molar-refractivity contribution is 5.78. The highest BCUT2D eigenvalue weighted by atomic mass is 19.1. The first kappa shape index (κ1) is 20.7. The monoisotopic (exact) mass is 417 g/mol. The van der Waals surface area contributed by atoms with E-state index in [1.165, 1.54) is 0 Å². The molecule has 0 bridgehead atoms. The summed E-state index contributed by atoms with van der Waals surface area (Å²) in [7, 11) is 0. The van der Waals surface area contributed by atoms with Crippen LogP contribution in [-0.4, -0.2) is 15.8 Å². The van der Waals surface area contributed by atoms with Crippen LogP contribution in [0.5, 0.6) is 11.6 Å².